The minimum absolute atomic E-state index is 0.389. The van der Waals surface area contributed by atoms with Crippen LogP contribution >= 0.6 is 0 Å². The van der Waals surface area contributed by atoms with Crippen molar-refractivity contribution in [3.05, 3.63) is 5.82 Å². The summed E-state index contributed by atoms with van der Waals surface area (Å²) in [5.74, 6) is 1.30. The lowest BCUT2D eigenvalue weighted by molar-refractivity contribution is -0.0632. The van der Waals surface area contributed by atoms with E-state index in [9.17, 15) is 5.11 Å². The van der Waals surface area contributed by atoms with Crippen LogP contribution in [0.4, 0.5) is 0 Å². The molecule has 1 aliphatic carbocycles. The highest BCUT2D eigenvalue weighted by Crippen LogP contribution is 2.40. The number of likely N-dealkylation sites (tertiary alicyclic amines) is 1. The Hall–Kier alpha value is -1.01. The third-order valence-corrected chi connectivity index (χ3v) is 5.18. The molecule has 0 bridgehead atoms. The summed E-state index contributed by atoms with van der Waals surface area (Å²) < 4.78 is 1.74. The van der Waals surface area contributed by atoms with E-state index in [0.717, 1.165) is 38.2 Å². The van der Waals surface area contributed by atoms with Gasteiger partial charge >= 0.3 is 0 Å². The van der Waals surface area contributed by atoms with Crippen LogP contribution in [0.25, 0.3) is 0 Å². The predicted molar refractivity (Wildman–Crippen MR) is 74.8 cm³/mol. The number of aromatic nitrogens is 4. The van der Waals surface area contributed by atoms with Crippen molar-refractivity contribution in [3.8, 4) is 0 Å². The number of nitrogens with zero attached hydrogens (tertiary/aromatic N) is 5. The molecule has 0 unspecified atom stereocenters. The van der Waals surface area contributed by atoms with E-state index in [2.05, 4.69) is 20.4 Å². The molecule has 20 heavy (non-hydrogen) atoms. The zero-order valence-corrected chi connectivity index (χ0v) is 12.5. The topological polar surface area (TPSA) is 67.1 Å². The highest BCUT2D eigenvalue weighted by Gasteiger charge is 2.43. The maximum absolute atomic E-state index is 10.7. The smallest absolute Gasteiger partial charge is 0.164 e. The van der Waals surface area contributed by atoms with E-state index in [1.807, 2.05) is 14.0 Å². The summed E-state index contributed by atoms with van der Waals surface area (Å²) in [6.45, 7) is 3.90. The number of tetrazole rings is 1. The van der Waals surface area contributed by atoms with Crippen molar-refractivity contribution in [1.29, 1.82) is 0 Å². The fraction of sp³-hybridized carbons (Fsp3) is 0.929. The number of aliphatic hydroxyl groups is 1. The second-order valence-electron chi connectivity index (χ2n) is 6.61. The maximum Gasteiger partial charge on any atom is 0.164 e. The summed E-state index contributed by atoms with van der Waals surface area (Å²) in [5.41, 5.74) is -0.510. The first-order chi connectivity index (χ1) is 9.58. The number of hydrogen-bond acceptors (Lipinski definition) is 5. The molecule has 2 aliphatic rings. The lowest BCUT2D eigenvalue weighted by Gasteiger charge is -2.43. The van der Waals surface area contributed by atoms with Crippen LogP contribution < -0.4 is 0 Å². The van der Waals surface area contributed by atoms with Gasteiger partial charge in [-0.3, -0.25) is 4.90 Å². The van der Waals surface area contributed by atoms with Crippen molar-refractivity contribution in [2.24, 2.45) is 13.0 Å². The Morgan fingerprint density at radius 3 is 2.85 bits per heavy atom. The molecule has 0 aromatic carbocycles. The molecule has 1 N–H and O–H groups in total. The van der Waals surface area contributed by atoms with Crippen molar-refractivity contribution in [2.45, 2.75) is 63.6 Å². The minimum Gasteiger partial charge on any atom is -0.390 e. The van der Waals surface area contributed by atoms with Crippen LogP contribution in [-0.2, 0) is 13.6 Å². The third-order valence-electron chi connectivity index (χ3n) is 5.18. The SMILES string of the molecule is Cn1nnnc1CN1CCC[C@@H]1[C@H]1CCCC[C@@]1(C)O. The molecule has 1 aliphatic heterocycles. The summed E-state index contributed by atoms with van der Waals surface area (Å²) in [4.78, 5) is 2.47. The highest BCUT2D eigenvalue weighted by atomic mass is 16.3. The van der Waals surface area contributed by atoms with Gasteiger partial charge in [0.25, 0.3) is 0 Å². The van der Waals surface area contributed by atoms with Gasteiger partial charge in [0, 0.05) is 19.0 Å². The molecule has 6 nitrogen and oxygen atoms in total. The fourth-order valence-electron chi connectivity index (χ4n) is 4.02. The van der Waals surface area contributed by atoms with E-state index < -0.39 is 5.60 Å². The molecule has 0 radical (unpaired) electrons. The average Bonchev–Trinajstić information content (AvgIpc) is 3.00. The van der Waals surface area contributed by atoms with Gasteiger partial charge in [0.15, 0.2) is 5.82 Å². The molecule has 1 saturated carbocycles. The molecule has 2 fully saturated rings. The van der Waals surface area contributed by atoms with Crippen LogP contribution in [-0.4, -0.2) is 48.4 Å². The van der Waals surface area contributed by atoms with Crippen LogP contribution in [0.5, 0.6) is 0 Å². The van der Waals surface area contributed by atoms with Gasteiger partial charge in [-0.2, -0.15) is 0 Å². The predicted octanol–water partition coefficient (Wildman–Crippen LogP) is 1.12. The van der Waals surface area contributed by atoms with Gasteiger partial charge in [-0.15, -0.1) is 5.10 Å². The molecule has 1 aromatic rings. The van der Waals surface area contributed by atoms with Gasteiger partial charge in [-0.05, 0) is 49.6 Å². The lowest BCUT2D eigenvalue weighted by atomic mass is 9.72. The van der Waals surface area contributed by atoms with Crippen LogP contribution in [0.1, 0.15) is 51.3 Å². The number of rotatable bonds is 3. The molecular formula is C14H25N5O. The summed E-state index contributed by atoms with van der Waals surface area (Å²) in [7, 11) is 1.89. The quantitative estimate of drug-likeness (QED) is 0.898. The van der Waals surface area contributed by atoms with Gasteiger partial charge < -0.3 is 5.11 Å². The van der Waals surface area contributed by atoms with Crippen molar-refractivity contribution < 1.29 is 5.11 Å². The summed E-state index contributed by atoms with van der Waals surface area (Å²) in [5, 5.41) is 22.4. The normalized spacial score (nSPS) is 35.5. The van der Waals surface area contributed by atoms with E-state index in [1.165, 1.54) is 19.3 Å². The molecule has 6 heteroatoms. The summed E-state index contributed by atoms with van der Waals surface area (Å²) in [6.07, 6.45) is 6.88. The highest BCUT2D eigenvalue weighted by molar-refractivity contribution is 4.97. The molecule has 112 valence electrons. The Balaban J connectivity index is 1.73. The second-order valence-corrected chi connectivity index (χ2v) is 6.61. The Kier molecular flexibility index (Phi) is 3.77. The Bertz CT molecular complexity index is 458. The van der Waals surface area contributed by atoms with Crippen LogP contribution in [0.3, 0.4) is 0 Å². The largest absolute Gasteiger partial charge is 0.390 e. The van der Waals surface area contributed by atoms with E-state index in [1.54, 1.807) is 4.68 Å². The fourth-order valence-corrected chi connectivity index (χ4v) is 4.02. The van der Waals surface area contributed by atoms with Crippen molar-refractivity contribution >= 4 is 0 Å². The molecule has 0 spiro atoms. The molecule has 3 rings (SSSR count). The van der Waals surface area contributed by atoms with Crippen LogP contribution in [0.15, 0.2) is 0 Å². The zero-order chi connectivity index (χ0) is 14.2. The Labute approximate surface area is 120 Å². The molecule has 2 heterocycles. The molecule has 0 amide bonds. The van der Waals surface area contributed by atoms with Crippen LogP contribution in [0, 0.1) is 5.92 Å². The monoisotopic (exact) mass is 279 g/mol. The van der Waals surface area contributed by atoms with Gasteiger partial charge in [0.2, 0.25) is 0 Å². The standard InChI is InChI=1S/C14H25N5O/c1-14(20)8-4-3-6-11(14)12-7-5-9-19(12)10-13-15-16-17-18(13)2/h11-12,20H,3-10H2,1-2H3/t11-,12-,14-/m1/s1. The first-order valence-electron chi connectivity index (χ1n) is 7.75. The van der Waals surface area contributed by atoms with E-state index in [0.29, 0.717) is 12.0 Å². The molecule has 1 aromatic heterocycles. The number of hydrogen-bond donors (Lipinski definition) is 1. The Morgan fingerprint density at radius 2 is 2.15 bits per heavy atom. The van der Waals surface area contributed by atoms with Gasteiger partial charge in [-0.25, -0.2) is 4.68 Å². The zero-order valence-electron chi connectivity index (χ0n) is 12.5. The van der Waals surface area contributed by atoms with E-state index >= 15 is 0 Å². The second kappa shape index (κ2) is 5.41. The third kappa shape index (κ3) is 2.59. The van der Waals surface area contributed by atoms with Gasteiger partial charge in [-0.1, -0.05) is 12.8 Å². The van der Waals surface area contributed by atoms with Crippen molar-refractivity contribution in [3.63, 3.8) is 0 Å². The average molecular weight is 279 g/mol. The first kappa shape index (κ1) is 13.9. The van der Waals surface area contributed by atoms with E-state index in [-0.39, 0.29) is 0 Å². The molecule has 1 saturated heterocycles. The Morgan fingerprint density at radius 1 is 1.30 bits per heavy atom. The first-order valence-corrected chi connectivity index (χ1v) is 7.75. The van der Waals surface area contributed by atoms with Crippen molar-refractivity contribution in [2.75, 3.05) is 6.54 Å². The summed E-state index contributed by atoms with van der Waals surface area (Å²) in [6, 6.07) is 0.474. The number of aryl methyl sites for hydroxylation is 1. The molecule has 3 atom stereocenters. The summed E-state index contributed by atoms with van der Waals surface area (Å²) >= 11 is 0. The van der Waals surface area contributed by atoms with Crippen molar-refractivity contribution in [1.82, 2.24) is 25.1 Å². The maximum atomic E-state index is 10.7. The van der Waals surface area contributed by atoms with Gasteiger partial charge in [0.05, 0.1) is 12.1 Å². The molecular weight excluding hydrogens is 254 g/mol. The van der Waals surface area contributed by atoms with Crippen LogP contribution in [0.2, 0.25) is 0 Å². The lowest BCUT2D eigenvalue weighted by Crippen LogP contribution is -2.48. The minimum atomic E-state index is -0.510. The van der Waals surface area contributed by atoms with Gasteiger partial charge in [0.1, 0.15) is 0 Å². The van der Waals surface area contributed by atoms with E-state index in [4.69, 9.17) is 0 Å².